The van der Waals surface area contributed by atoms with Crippen molar-refractivity contribution in [2.45, 2.75) is 19.2 Å². The number of likely N-dealkylation sites (tertiary alicyclic amines) is 1. The largest absolute Gasteiger partial charge is 0.488 e. The molecule has 0 saturated carbocycles. The van der Waals surface area contributed by atoms with E-state index in [1.807, 2.05) is 6.07 Å². The molecule has 2 aliphatic heterocycles. The van der Waals surface area contributed by atoms with Crippen molar-refractivity contribution in [3.8, 4) is 5.75 Å². The van der Waals surface area contributed by atoms with Gasteiger partial charge in [0.25, 0.3) is 0 Å². The number of hydrogen-bond acceptors (Lipinski definition) is 3. The molecular weight excluding hydrogens is 216 g/mol. The SMILES string of the molecule is CN1CC(Oc2ccc3c(c2)CN(C=O)C3)C1. The molecule has 3 rings (SSSR count). The Labute approximate surface area is 101 Å². The first-order valence-electron chi connectivity index (χ1n) is 5.91. The molecule has 0 spiro atoms. The molecule has 0 atom stereocenters. The van der Waals surface area contributed by atoms with Gasteiger partial charge in [-0.3, -0.25) is 9.69 Å². The summed E-state index contributed by atoms with van der Waals surface area (Å²) in [7, 11) is 2.09. The van der Waals surface area contributed by atoms with Crippen molar-refractivity contribution in [2.75, 3.05) is 20.1 Å². The highest BCUT2D eigenvalue weighted by Gasteiger charge is 2.25. The maximum Gasteiger partial charge on any atom is 0.210 e. The van der Waals surface area contributed by atoms with Crippen LogP contribution in [0.2, 0.25) is 0 Å². The number of fused-ring (bicyclic) bond motifs is 1. The predicted octanol–water partition coefficient (Wildman–Crippen LogP) is 0.851. The number of carbonyl (C=O) groups is 1. The molecule has 2 aliphatic rings. The summed E-state index contributed by atoms with van der Waals surface area (Å²) in [5, 5.41) is 0. The molecular formula is C13H16N2O2. The van der Waals surface area contributed by atoms with E-state index in [0.29, 0.717) is 12.6 Å². The van der Waals surface area contributed by atoms with Gasteiger partial charge in [0.05, 0.1) is 0 Å². The van der Waals surface area contributed by atoms with E-state index < -0.39 is 0 Å². The molecule has 4 heteroatoms. The number of ether oxygens (including phenoxy) is 1. The van der Waals surface area contributed by atoms with Gasteiger partial charge in [0.2, 0.25) is 6.41 Å². The van der Waals surface area contributed by atoms with Crippen LogP contribution in [0.25, 0.3) is 0 Å². The standard InChI is InChI=1S/C13H16N2O2/c1-14-7-13(8-14)17-12-3-2-10-5-15(9-16)6-11(10)4-12/h2-4,9,13H,5-8H2,1H3. The Kier molecular flexibility index (Phi) is 2.52. The molecule has 90 valence electrons. The zero-order chi connectivity index (χ0) is 11.8. The average Bonchev–Trinajstić information content (AvgIpc) is 2.69. The molecule has 4 nitrogen and oxygen atoms in total. The second-order valence-electron chi connectivity index (χ2n) is 4.90. The van der Waals surface area contributed by atoms with E-state index in [1.54, 1.807) is 4.90 Å². The highest BCUT2D eigenvalue weighted by molar-refractivity contribution is 5.51. The normalized spacial score (nSPS) is 19.9. The van der Waals surface area contributed by atoms with Crippen molar-refractivity contribution in [1.29, 1.82) is 0 Å². The number of rotatable bonds is 3. The average molecular weight is 232 g/mol. The van der Waals surface area contributed by atoms with E-state index in [-0.39, 0.29) is 0 Å². The molecule has 1 saturated heterocycles. The number of likely N-dealkylation sites (N-methyl/N-ethyl adjacent to an activating group) is 1. The second kappa shape index (κ2) is 4.04. The van der Waals surface area contributed by atoms with Crippen molar-refractivity contribution in [1.82, 2.24) is 9.80 Å². The Balaban J connectivity index is 1.70. The molecule has 2 heterocycles. The predicted molar refractivity (Wildman–Crippen MR) is 63.7 cm³/mol. The number of benzene rings is 1. The van der Waals surface area contributed by atoms with Crippen LogP contribution in [0.5, 0.6) is 5.75 Å². The summed E-state index contributed by atoms with van der Waals surface area (Å²) < 4.78 is 5.87. The highest BCUT2D eigenvalue weighted by atomic mass is 16.5. The van der Waals surface area contributed by atoms with Crippen molar-refractivity contribution in [3.63, 3.8) is 0 Å². The molecule has 1 amide bonds. The summed E-state index contributed by atoms with van der Waals surface area (Å²) in [6.07, 6.45) is 1.23. The molecule has 0 aliphatic carbocycles. The molecule has 1 aromatic carbocycles. The molecule has 0 N–H and O–H groups in total. The van der Waals surface area contributed by atoms with Gasteiger partial charge in [-0.1, -0.05) is 6.07 Å². The van der Waals surface area contributed by atoms with E-state index in [9.17, 15) is 4.79 Å². The number of nitrogens with zero attached hydrogens (tertiary/aromatic N) is 2. The molecule has 1 aromatic rings. The Hall–Kier alpha value is -1.55. The van der Waals surface area contributed by atoms with E-state index >= 15 is 0 Å². The minimum Gasteiger partial charge on any atom is -0.488 e. The Bertz CT molecular complexity index is 441. The fraction of sp³-hybridized carbons (Fsp3) is 0.462. The third-order valence-corrected chi connectivity index (χ3v) is 3.41. The lowest BCUT2D eigenvalue weighted by Crippen LogP contribution is -2.51. The number of hydrogen-bond donors (Lipinski definition) is 0. The van der Waals surface area contributed by atoms with Crippen molar-refractivity contribution >= 4 is 6.41 Å². The zero-order valence-corrected chi connectivity index (χ0v) is 9.93. The second-order valence-corrected chi connectivity index (χ2v) is 4.90. The topological polar surface area (TPSA) is 32.8 Å². The lowest BCUT2D eigenvalue weighted by Gasteiger charge is -2.36. The molecule has 17 heavy (non-hydrogen) atoms. The Morgan fingerprint density at radius 1 is 1.29 bits per heavy atom. The lowest BCUT2D eigenvalue weighted by molar-refractivity contribution is -0.118. The molecule has 0 bridgehead atoms. The highest BCUT2D eigenvalue weighted by Crippen LogP contribution is 2.27. The summed E-state index contributed by atoms with van der Waals surface area (Å²) in [6, 6.07) is 6.14. The zero-order valence-electron chi connectivity index (χ0n) is 9.93. The maximum atomic E-state index is 10.7. The van der Waals surface area contributed by atoms with E-state index in [2.05, 4.69) is 24.1 Å². The molecule has 0 radical (unpaired) electrons. The quantitative estimate of drug-likeness (QED) is 0.724. The van der Waals surface area contributed by atoms with Gasteiger partial charge in [-0.15, -0.1) is 0 Å². The van der Waals surface area contributed by atoms with Crippen LogP contribution in [0.15, 0.2) is 18.2 Å². The minimum atomic E-state index is 0.321. The summed E-state index contributed by atoms with van der Waals surface area (Å²) >= 11 is 0. The Morgan fingerprint density at radius 3 is 2.76 bits per heavy atom. The van der Waals surface area contributed by atoms with Crippen molar-refractivity contribution < 1.29 is 9.53 Å². The summed E-state index contributed by atoms with van der Waals surface area (Å²) in [5.74, 6) is 0.926. The van der Waals surface area contributed by atoms with Crippen LogP contribution in [0.3, 0.4) is 0 Å². The van der Waals surface area contributed by atoms with E-state index in [1.165, 1.54) is 11.1 Å². The minimum absolute atomic E-state index is 0.321. The van der Waals surface area contributed by atoms with Crippen LogP contribution >= 0.6 is 0 Å². The third-order valence-electron chi connectivity index (χ3n) is 3.41. The summed E-state index contributed by atoms with van der Waals surface area (Å²) in [5.41, 5.74) is 2.44. The lowest BCUT2D eigenvalue weighted by atomic mass is 10.1. The van der Waals surface area contributed by atoms with Gasteiger partial charge < -0.3 is 9.64 Å². The van der Waals surface area contributed by atoms with Crippen LogP contribution in [-0.4, -0.2) is 42.5 Å². The van der Waals surface area contributed by atoms with Gasteiger partial charge in [-0.25, -0.2) is 0 Å². The van der Waals surface area contributed by atoms with Gasteiger partial charge >= 0.3 is 0 Å². The van der Waals surface area contributed by atoms with E-state index in [0.717, 1.165) is 31.8 Å². The van der Waals surface area contributed by atoms with Gasteiger partial charge in [0.15, 0.2) is 0 Å². The van der Waals surface area contributed by atoms with Crippen molar-refractivity contribution in [3.05, 3.63) is 29.3 Å². The van der Waals surface area contributed by atoms with Crippen LogP contribution in [0.4, 0.5) is 0 Å². The summed E-state index contributed by atoms with van der Waals surface area (Å²) in [4.78, 5) is 14.7. The monoisotopic (exact) mass is 232 g/mol. The number of carbonyl (C=O) groups excluding carboxylic acids is 1. The molecule has 0 aromatic heterocycles. The van der Waals surface area contributed by atoms with E-state index in [4.69, 9.17) is 4.74 Å². The Morgan fingerprint density at radius 2 is 2.06 bits per heavy atom. The van der Waals surface area contributed by atoms with Gasteiger partial charge in [-0.2, -0.15) is 0 Å². The smallest absolute Gasteiger partial charge is 0.210 e. The third kappa shape index (κ3) is 2.00. The van der Waals surface area contributed by atoms with Crippen LogP contribution in [-0.2, 0) is 17.9 Å². The first kappa shape index (κ1) is 10.6. The fourth-order valence-corrected chi connectivity index (χ4v) is 2.45. The molecule has 1 fully saturated rings. The van der Waals surface area contributed by atoms with Crippen LogP contribution in [0, 0.1) is 0 Å². The van der Waals surface area contributed by atoms with Gasteiger partial charge in [0, 0.05) is 26.2 Å². The van der Waals surface area contributed by atoms with Crippen molar-refractivity contribution in [2.24, 2.45) is 0 Å². The van der Waals surface area contributed by atoms with Crippen LogP contribution < -0.4 is 4.74 Å². The maximum absolute atomic E-state index is 10.7. The fourth-order valence-electron chi connectivity index (χ4n) is 2.45. The first-order valence-corrected chi connectivity index (χ1v) is 5.91. The van der Waals surface area contributed by atoms with Gasteiger partial charge in [0.1, 0.15) is 11.9 Å². The van der Waals surface area contributed by atoms with Gasteiger partial charge in [-0.05, 0) is 30.3 Å². The first-order chi connectivity index (χ1) is 8.24. The summed E-state index contributed by atoms with van der Waals surface area (Å²) in [6.45, 7) is 3.43. The number of amides is 1. The molecule has 0 unspecified atom stereocenters. The van der Waals surface area contributed by atoms with Crippen LogP contribution in [0.1, 0.15) is 11.1 Å².